The Hall–Kier alpha value is -0.261. The van der Waals surface area contributed by atoms with Gasteiger partial charge in [-0.25, -0.2) is 0 Å². The fraction of sp³-hybridized carbons (Fsp3) is 0.143. The summed E-state index contributed by atoms with van der Waals surface area (Å²) in [6.07, 6.45) is 0. The molecular weight excluding hydrogens is 139 g/mol. The molecule has 1 aromatic rings. The van der Waals surface area contributed by atoms with Gasteiger partial charge in [0.05, 0.1) is 0 Å². The van der Waals surface area contributed by atoms with Crippen LogP contribution in [-0.2, 0) is 17.1 Å². The third kappa shape index (κ3) is 2.15. The molecule has 0 spiro atoms. The van der Waals surface area contributed by atoms with Gasteiger partial charge in [-0.3, -0.25) is 0 Å². The molecule has 0 aromatic heterocycles. The Kier molecular flexibility index (Phi) is 3.59. The van der Waals surface area contributed by atoms with Gasteiger partial charge < -0.3 is 0 Å². The van der Waals surface area contributed by atoms with Gasteiger partial charge >= 0.3 is 0 Å². The van der Waals surface area contributed by atoms with Gasteiger partial charge in [-0.1, -0.05) is 35.9 Å². The van der Waals surface area contributed by atoms with Crippen molar-refractivity contribution in [2.75, 3.05) is 0 Å². The number of hydrogen-bond acceptors (Lipinski definition) is 0. The minimum atomic E-state index is 0. The van der Waals surface area contributed by atoms with Crippen molar-refractivity contribution in [2.45, 2.75) is 6.92 Å². The monoisotopic (exact) mass is 147 g/mol. The molecule has 0 N–H and O–H groups in total. The SMILES string of the molecule is Cc1ccccc1.[Mn]. The molecule has 0 unspecified atom stereocenters. The van der Waals surface area contributed by atoms with Crippen LogP contribution in [0.15, 0.2) is 30.3 Å². The van der Waals surface area contributed by atoms with E-state index in [1.165, 1.54) is 5.56 Å². The van der Waals surface area contributed by atoms with E-state index in [-0.39, 0.29) is 17.1 Å². The Morgan fingerprint density at radius 1 is 1.00 bits per heavy atom. The summed E-state index contributed by atoms with van der Waals surface area (Å²) >= 11 is 0. The first kappa shape index (κ1) is 7.74. The average molecular weight is 147 g/mol. The smallest absolute Gasteiger partial charge is 0 e. The fourth-order valence-corrected chi connectivity index (χ4v) is 0.534. The summed E-state index contributed by atoms with van der Waals surface area (Å²) in [7, 11) is 0. The summed E-state index contributed by atoms with van der Waals surface area (Å²) in [5.41, 5.74) is 1.32. The second-order valence-corrected chi connectivity index (χ2v) is 1.65. The van der Waals surface area contributed by atoms with Crippen LogP contribution < -0.4 is 0 Å². The largest absolute Gasteiger partial charge is 0.0622 e. The van der Waals surface area contributed by atoms with Crippen molar-refractivity contribution in [1.29, 1.82) is 0 Å². The number of rotatable bonds is 0. The molecule has 0 aliphatic rings. The van der Waals surface area contributed by atoms with Crippen molar-refractivity contribution in [1.82, 2.24) is 0 Å². The Bertz CT molecular complexity index is 134. The molecular formula is C7H8Mn. The van der Waals surface area contributed by atoms with Gasteiger partial charge in [0.2, 0.25) is 0 Å². The van der Waals surface area contributed by atoms with Crippen LogP contribution in [0.2, 0.25) is 0 Å². The molecule has 1 heteroatoms. The van der Waals surface area contributed by atoms with Crippen LogP contribution in [0.3, 0.4) is 0 Å². The van der Waals surface area contributed by atoms with E-state index in [4.69, 9.17) is 0 Å². The van der Waals surface area contributed by atoms with E-state index in [0.717, 1.165) is 0 Å². The van der Waals surface area contributed by atoms with E-state index in [1.807, 2.05) is 18.2 Å². The Morgan fingerprint density at radius 3 is 1.75 bits per heavy atom. The maximum absolute atomic E-state index is 2.08. The predicted molar refractivity (Wildman–Crippen MR) is 31.2 cm³/mol. The van der Waals surface area contributed by atoms with Crippen molar-refractivity contribution in [3.05, 3.63) is 35.9 Å². The van der Waals surface area contributed by atoms with Crippen LogP contribution in [0, 0.1) is 6.92 Å². The Labute approximate surface area is 60.4 Å². The molecule has 0 aliphatic carbocycles. The standard InChI is InChI=1S/C7H8.Mn/c1-7-5-3-2-4-6-7;/h2-6H,1H3;. The summed E-state index contributed by atoms with van der Waals surface area (Å²) in [5, 5.41) is 0. The molecule has 0 bridgehead atoms. The number of hydrogen-bond donors (Lipinski definition) is 0. The molecule has 0 amide bonds. The molecule has 0 saturated carbocycles. The van der Waals surface area contributed by atoms with Crippen LogP contribution in [-0.4, -0.2) is 0 Å². The zero-order valence-electron chi connectivity index (χ0n) is 4.76. The van der Waals surface area contributed by atoms with Gasteiger partial charge in [0, 0.05) is 17.1 Å². The third-order valence-corrected chi connectivity index (χ3v) is 0.940. The van der Waals surface area contributed by atoms with Gasteiger partial charge in [0.1, 0.15) is 0 Å². The molecule has 0 saturated heterocycles. The van der Waals surface area contributed by atoms with Crippen LogP contribution >= 0.6 is 0 Å². The molecule has 0 heterocycles. The fourth-order valence-electron chi connectivity index (χ4n) is 0.534. The summed E-state index contributed by atoms with van der Waals surface area (Å²) in [5.74, 6) is 0. The van der Waals surface area contributed by atoms with Gasteiger partial charge in [-0.2, -0.15) is 0 Å². The molecule has 0 atom stereocenters. The van der Waals surface area contributed by atoms with E-state index in [0.29, 0.717) is 0 Å². The zero-order chi connectivity index (χ0) is 5.11. The summed E-state index contributed by atoms with van der Waals surface area (Å²) in [6, 6.07) is 10.3. The van der Waals surface area contributed by atoms with Gasteiger partial charge in [0.25, 0.3) is 0 Å². The normalized spacial score (nSPS) is 7.62. The van der Waals surface area contributed by atoms with E-state index >= 15 is 0 Å². The first-order chi connectivity index (χ1) is 3.39. The minimum Gasteiger partial charge on any atom is -0.0622 e. The second kappa shape index (κ2) is 3.71. The summed E-state index contributed by atoms with van der Waals surface area (Å²) < 4.78 is 0. The Morgan fingerprint density at radius 2 is 1.50 bits per heavy atom. The molecule has 0 fully saturated rings. The molecule has 0 nitrogen and oxygen atoms in total. The molecule has 1 aromatic carbocycles. The van der Waals surface area contributed by atoms with Gasteiger partial charge in [0.15, 0.2) is 0 Å². The molecule has 0 aliphatic heterocycles. The topological polar surface area (TPSA) is 0 Å². The number of benzene rings is 1. The van der Waals surface area contributed by atoms with Gasteiger partial charge in [-0.15, -0.1) is 0 Å². The van der Waals surface area contributed by atoms with Crippen LogP contribution in [0.1, 0.15) is 5.56 Å². The van der Waals surface area contributed by atoms with E-state index in [9.17, 15) is 0 Å². The van der Waals surface area contributed by atoms with Gasteiger partial charge in [-0.05, 0) is 6.92 Å². The van der Waals surface area contributed by atoms with E-state index < -0.39 is 0 Å². The number of aryl methyl sites for hydroxylation is 1. The predicted octanol–water partition coefficient (Wildman–Crippen LogP) is 1.99. The summed E-state index contributed by atoms with van der Waals surface area (Å²) in [4.78, 5) is 0. The first-order valence-electron chi connectivity index (χ1n) is 2.41. The van der Waals surface area contributed by atoms with Crippen LogP contribution in [0.25, 0.3) is 0 Å². The zero-order valence-corrected chi connectivity index (χ0v) is 5.95. The Balaban J connectivity index is 0.000000490. The maximum Gasteiger partial charge on any atom is 0 e. The second-order valence-electron chi connectivity index (χ2n) is 1.65. The van der Waals surface area contributed by atoms with Crippen molar-refractivity contribution < 1.29 is 17.1 Å². The van der Waals surface area contributed by atoms with Crippen molar-refractivity contribution >= 4 is 0 Å². The van der Waals surface area contributed by atoms with E-state index in [2.05, 4.69) is 19.1 Å². The molecule has 43 valence electrons. The maximum atomic E-state index is 2.08. The quantitative estimate of drug-likeness (QED) is 0.492. The molecule has 8 heavy (non-hydrogen) atoms. The molecule has 1 rings (SSSR count). The first-order valence-corrected chi connectivity index (χ1v) is 2.41. The van der Waals surface area contributed by atoms with Crippen LogP contribution in [0.4, 0.5) is 0 Å². The van der Waals surface area contributed by atoms with Crippen molar-refractivity contribution in [3.63, 3.8) is 0 Å². The van der Waals surface area contributed by atoms with Crippen molar-refractivity contribution in [3.8, 4) is 0 Å². The average Bonchev–Trinajstić information content (AvgIpc) is 1.69. The third-order valence-electron chi connectivity index (χ3n) is 0.940. The molecule has 1 radical (unpaired) electrons. The van der Waals surface area contributed by atoms with E-state index in [1.54, 1.807) is 0 Å². The van der Waals surface area contributed by atoms with Crippen LogP contribution in [0.5, 0.6) is 0 Å². The summed E-state index contributed by atoms with van der Waals surface area (Å²) in [6.45, 7) is 2.08. The minimum absolute atomic E-state index is 0. The van der Waals surface area contributed by atoms with Crippen molar-refractivity contribution in [2.24, 2.45) is 0 Å².